The van der Waals surface area contributed by atoms with Crippen LogP contribution in [-0.2, 0) is 32.3 Å². The van der Waals surface area contributed by atoms with E-state index in [2.05, 4.69) is 104 Å². The van der Waals surface area contributed by atoms with Crippen LogP contribution in [0.5, 0.6) is 0 Å². The highest BCUT2D eigenvalue weighted by Crippen LogP contribution is 2.56. The third-order valence-corrected chi connectivity index (χ3v) is 35.4. The molecule has 13 aliphatic rings. The Morgan fingerprint density at radius 3 is 1.11 bits per heavy atom. The number of fused-ring (bicyclic) bond motifs is 2. The van der Waals surface area contributed by atoms with Gasteiger partial charge >= 0.3 is 0 Å². The van der Waals surface area contributed by atoms with E-state index in [1.54, 1.807) is 77.0 Å². The van der Waals surface area contributed by atoms with E-state index in [4.69, 9.17) is 32.7 Å². The Morgan fingerprint density at radius 1 is 0.367 bits per heavy atom. The zero-order valence-corrected chi connectivity index (χ0v) is 65.1. The Kier molecular flexibility index (Phi) is 22.7. The van der Waals surface area contributed by atoms with E-state index < -0.39 is 41.1 Å². The van der Waals surface area contributed by atoms with Gasteiger partial charge in [0.1, 0.15) is 12.2 Å². The highest BCUT2D eigenvalue weighted by molar-refractivity contribution is 6.78. The van der Waals surface area contributed by atoms with Crippen LogP contribution in [0.2, 0.25) is 109 Å². The topological polar surface area (TPSA) is 117 Å². The maximum Gasteiger partial charge on any atom is 0.229 e. The SMILES string of the molecule is C[Si](C)(C)C1CCC2N=C(C=CC3=NC4CCC([Si](C)(C)C)CC4O3)OC2C1.C[Si](C)(C)OC1CCC2C(=O)NC(=O)C3CCCC1C32.C[Si](C)(C)OC1CCCCC1C1CC(C2CCC(C3CCC(C4CC(C5CCCCC5O[Si](C)(C)C)C4)CC3)CC2)C1. The number of amides is 2. The van der Waals surface area contributed by atoms with E-state index in [0.717, 1.165) is 114 Å². The molecule has 10 saturated carbocycles. The van der Waals surface area contributed by atoms with E-state index in [1.165, 1.54) is 89.9 Å². The van der Waals surface area contributed by atoms with Gasteiger partial charge in [0.25, 0.3) is 0 Å². The molecule has 10 aliphatic carbocycles. The third-order valence-electron chi connectivity index (χ3n) is 26.4. The van der Waals surface area contributed by atoms with Crippen LogP contribution in [0.3, 0.4) is 0 Å². The number of hydrogen-bond donors (Lipinski definition) is 1. The molecule has 0 aromatic rings. The minimum atomic E-state index is -1.58. The highest BCUT2D eigenvalue weighted by Gasteiger charge is 2.54. The second-order valence-electron chi connectivity index (χ2n) is 37.8. The van der Waals surface area contributed by atoms with Gasteiger partial charge in [-0.05, 0) is 295 Å². The molecule has 2 amide bonds. The second-order valence-corrected chi connectivity index (χ2v) is 62.3. The number of nitrogens with one attached hydrogen (secondary N) is 1. The van der Waals surface area contributed by atoms with Crippen molar-refractivity contribution in [2.75, 3.05) is 0 Å². The monoisotopic (exact) mass is 1330 g/mol. The number of aliphatic imine (C=N–C) groups is 2. The van der Waals surface area contributed by atoms with E-state index in [-0.39, 0.29) is 47.9 Å². The first-order chi connectivity index (χ1) is 42.5. The summed E-state index contributed by atoms with van der Waals surface area (Å²) in [6.45, 7) is 35.9. The number of carbonyl (C=O) groups is 2. The summed E-state index contributed by atoms with van der Waals surface area (Å²) in [5.41, 5.74) is 1.72. The fourth-order valence-electron chi connectivity index (χ4n) is 21.5. The Balaban J connectivity index is 0.000000149. The van der Waals surface area contributed by atoms with Crippen LogP contribution < -0.4 is 5.32 Å². The number of ether oxygens (including phenoxy) is 2. The van der Waals surface area contributed by atoms with E-state index >= 15 is 0 Å². The number of imide groups is 1. The fourth-order valence-corrected chi connectivity index (χ4v) is 29.0. The van der Waals surface area contributed by atoms with Crippen LogP contribution in [0.1, 0.15) is 199 Å². The van der Waals surface area contributed by atoms with E-state index in [1.807, 2.05) is 12.2 Å². The average Bonchev–Trinajstić information content (AvgIpc) is 1.07. The number of piperidine rings is 1. The molecule has 0 bridgehead atoms. The summed E-state index contributed by atoms with van der Waals surface area (Å²) >= 11 is 0. The van der Waals surface area contributed by atoms with Crippen molar-refractivity contribution in [2.45, 2.75) is 351 Å². The van der Waals surface area contributed by atoms with Crippen molar-refractivity contribution in [3.63, 3.8) is 0 Å². The predicted molar refractivity (Wildman–Crippen MR) is 385 cm³/mol. The molecule has 90 heavy (non-hydrogen) atoms. The van der Waals surface area contributed by atoms with Crippen LogP contribution in [0.4, 0.5) is 0 Å². The minimum absolute atomic E-state index is 0.0328. The quantitative estimate of drug-likeness (QED) is 0.128. The van der Waals surface area contributed by atoms with E-state index in [9.17, 15) is 9.59 Å². The largest absolute Gasteiger partial charge is 0.472 e. The standard InChI is InChI=1S/C38H70O2Si2.C22H38N2O2Si2.C15H25NO3Si/c1-41(2,3)39-37-13-9-7-11-35(37)33-23-31(24-33)29-19-15-27(16-20-29)28-17-21-30(22-18-28)32-25-34(26-32)36-12-8-10-14-38(36)40-42(4,5)6;1-27(2,3)15-7-9-17-19(13-15)25-21(23-17)11-12-22-24-18-10-8-16(28(4,5)6)14-20(18)26-22;1-20(2,3)19-12-8-7-11-13-9(12)5-4-6-10(13)14(17)16-15(11)18/h27-38H,7-26H2,1-6H3;11-12,15-20H,7-10,13-14H2,1-6H3;9-13H,4-8H2,1-3H3,(H,16,17,18). The summed E-state index contributed by atoms with van der Waals surface area (Å²) in [4.78, 5) is 33.9. The molecular weight excluding hydrogens is 1200 g/mol. The molecule has 15 atom stereocenters. The molecule has 0 aromatic heterocycles. The smallest absolute Gasteiger partial charge is 0.229 e. The molecule has 0 spiro atoms. The zero-order chi connectivity index (χ0) is 64.1. The molecule has 13 rings (SSSR count). The first-order valence-corrected chi connectivity index (χ1v) is 55.9. The number of carbonyl (C=O) groups excluding carboxylic acids is 2. The fraction of sp³-hybridized carbons (Fsp3) is 0.920. The molecule has 0 radical (unpaired) electrons. The number of rotatable bonds is 15. The van der Waals surface area contributed by atoms with Gasteiger partial charge in [0.05, 0.1) is 12.1 Å². The zero-order valence-electron chi connectivity index (χ0n) is 60.1. The molecule has 3 aliphatic heterocycles. The normalized spacial score (nSPS) is 42.3. The van der Waals surface area contributed by atoms with Crippen molar-refractivity contribution in [2.24, 2.45) is 92.8 Å². The van der Waals surface area contributed by atoms with Gasteiger partial charge in [0, 0.05) is 58.4 Å². The molecular formula is C75H133N3O7Si5. The lowest BCUT2D eigenvalue weighted by molar-refractivity contribution is -0.153. The van der Waals surface area contributed by atoms with Crippen molar-refractivity contribution in [3.05, 3.63) is 12.2 Å². The molecule has 1 N–H and O–H groups in total. The molecule has 3 heterocycles. The van der Waals surface area contributed by atoms with Gasteiger partial charge in [-0.1, -0.05) is 84.2 Å². The molecule has 11 fully saturated rings. The molecule has 15 heteroatoms. The summed E-state index contributed by atoms with van der Waals surface area (Å²) in [5, 5.41) is 2.59. The lowest BCUT2D eigenvalue weighted by Crippen LogP contribution is -2.59. The maximum absolute atomic E-state index is 12.1. The van der Waals surface area contributed by atoms with Gasteiger partial charge < -0.3 is 22.8 Å². The van der Waals surface area contributed by atoms with Crippen LogP contribution >= 0.6 is 0 Å². The summed E-state index contributed by atoms with van der Waals surface area (Å²) in [6, 6.07) is 0.720. The maximum atomic E-state index is 12.1. The van der Waals surface area contributed by atoms with Crippen molar-refractivity contribution >= 4 is 64.7 Å². The summed E-state index contributed by atoms with van der Waals surface area (Å²) in [6.07, 6.45) is 48.4. The van der Waals surface area contributed by atoms with Crippen molar-refractivity contribution in [1.29, 1.82) is 0 Å². The van der Waals surface area contributed by atoms with Gasteiger partial charge in [-0.25, -0.2) is 9.98 Å². The molecule has 0 aromatic carbocycles. The lowest BCUT2D eigenvalue weighted by Gasteiger charge is -2.51. The number of nitrogens with zero attached hydrogens (tertiary/aromatic N) is 2. The van der Waals surface area contributed by atoms with Gasteiger partial charge in [0.15, 0.2) is 25.0 Å². The molecule has 15 unspecified atom stereocenters. The Labute approximate surface area is 554 Å². The summed E-state index contributed by atoms with van der Waals surface area (Å²) in [7, 11) is -6.63. The van der Waals surface area contributed by atoms with Gasteiger partial charge in [-0.2, -0.15) is 0 Å². The first kappa shape index (κ1) is 70.1. The minimum Gasteiger partial charge on any atom is -0.472 e. The third kappa shape index (κ3) is 17.7. The van der Waals surface area contributed by atoms with Gasteiger partial charge in [0.2, 0.25) is 23.6 Å². The predicted octanol–water partition coefficient (Wildman–Crippen LogP) is 19.4. The van der Waals surface area contributed by atoms with Gasteiger partial charge in [-0.3, -0.25) is 14.9 Å². The Hall–Kier alpha value is -1.22. The van der Waals surface area contributed by atoms with Crippen LogP contribution in [-0.4, -0.2) is 107 Å². The van der Waals surface area contributed by atoms with Crippen molar-refractivity contribution in [3.8, 4) is 0 Å². The molecule has 510 valence electrons. The lowest BCUT2D eigenvalue weighted by atomic mass is 9.56. The van der Waals surface area contributed by atoms with Crippen molar-refractivity contribution < 1.29 is 32.3 Å². The summed E-state index contributed by atoms with van der Waals surface area (Å²) in [5.74, 6) is 12.4. The average molecular weight is 1330 g/mol. The van der Waals surface area contributed by atoms with Crippen LogP contribution in [0, 0.1) is 82.9 Å². The van der Waals surface area contributed by atoms with Crippen molar-refractivity contribution in [1.82, 2.24) is 5.32 Å². The summed E-state index contributed by atoms with van der Waals surface area (Å²) < 4.78 is 32.3. The van der Waals surface area contributed by atoms with Gasteiger partial charge in [-0.15, -0.1) is 0 Å². The van der Waals surface area contributed by atoms with E-state index in [0.29, 0.717) is 30.2 Å². The first-order valence-electron chi connectivity index (χ1n) is 38.5. The molecule has 1 saturated heterocycles. The number of hydrogen-bond acceptors (Lipinski definition) is 9. The second kappa shape index (κ2) is 29.1. The molecule has 10 nitrogen and oxygen atoms in total. The van der Waals surface area contributed by atoms with Crippen LogP contribution in [0.25, 0.3) is 0 Å². The van der Waals surface area contributed by atoms with Crippen LogP contribution in [0.15, 0.2) is 22.1 Å². The highest BCUT2D eigenvalue weighted by atomic mass is 28.4. The Bertz CT molecular complexity index is 2340. The Morgan fingerprint density at radius 2 is 0.722 bits per heavy atom.